The van der Waals surface area contributed by atoms with E-state index in [4.69, 9.17) is 21.3 Å². The fourth-order valence-electron chi connectivity index (χ4n) is 5.73. The van der Waals surface area contributed by atoms with Crippen LogP contribution in [-0.2, 0) is 4.79 Å². The van der Waals surface area contributed by atoms with Gasteiger partial charge in [-0.1, -0.05) is 30.8 Å². The zero-order chi connectivity index (χ0) is 28.7. The number of carbonyl (C=O) groups is 1. The van der Waals surface area contributed by atoms with Crippen molar-refractivity contribution in [2.75, 3.05) is 50.8 Å². The molecule has 2 aliphatic rings. The van der Waals surface area contributed by atoms with Gasteiger partial charge in [0.15, 0.2) is 5.82 Å². The van der Waals surface area contributed by atoms with Gasteiger partial charge < -0.3 is 19.4 Å². The van der Waals surface area contributed by atoms with Gasteiger partial charge in [-0.15, -0.1) is 0 Å². The number of nitrogens with zero attached hydrogens (tertiary/aromatic N) is 6. The summed E-state index contributed by atoms with van der Waals surface area (Å²) in [6.07, 6.45) is 5.05. The lowest BCUT2D eigenvalue weighted by molar-refractivity contribution is -0.126. The summed E-state index contributed by atoms with van der Waals surface area (Å²) in [5, 5.41) is 8.60. The number of nitrogens with one attached hydrogen (secondary N) is 1. The summed E-state index contributed by atoms with van der Waals surface area (Å²) in [6.45, 7) is 13.5. The van der Waals surface area contributed by atoms with E-state index in [0.717, 1.165) is 41.5 Å². The Balaban J connectivity index is 1.43. The van der Waals surface area contributed by atoms with Crippen LogP contribution in [0.1, 0.15) is 18.4 Å². The SMILES string of the molecule is C=CC(=O)N1CCN(c2nc(OCCN3CCCC3=C)nc3c(F)c(-c4c(C)ccc5[nH]ncc45)c(Cl)cc23)CC1. The smallest absolute Gasteiger partial charge is 0.319 e. The van der Waals surface area contributed by atoms with Gasteiger partial charge in [-0.3, -0.25) is 9.89 Å². The maximum Gasteiger partial charge on any atom is 0.319 e. The summed E-state index contributed by atoms with van der Waals surface area (Å²) in [5.74, 6) is -0.148. The molecule has 1 amide bonds. The van der Waals surface area contributed by atoms with E-state index >= 15 is 4.39 Å². The number of hydrogen-bond donors (Lipinski definition) is 1. The molecule has 0 aliphatic carbocycles. The van der Waals surface area contributed by atoms with Crippen LogP contribution in [0.3, 0.4) is 0 Å². The Morgan fingerprint density at radius 2 is 1.98 bits per heavy atom. The largest absolute Gasteiger partial charge is 0.462 e. The molecule has 0 bridgehead atoms. The van der Waals surface area contributed by atoms with Gasteiger partial charge in [-0.2, -0.15) is 15.1 Å². The lowest BCUT2D eigenvalue weighted by Crippen LogP contribution is -2.48. The quantitative estimate of drug-likeness (QED) is 0.307. The third-order valence-corrected chi connectivity index (χ3v) is 8.22. The minimum absolute atomic E-state index is 0.0901. The predicted molar refractivity (Wildman–Crippen MR) is 159 cm³/mol. The van der Waals surface area contributed by atoms with E-state index in [1.807, 2.05) is 24.0 Å². The maximum absolute atomic E-state index is 16.6. The number of halogens is 2. The molecule has 2 aromatic carbocycles. The Kier molecular flexibility index (Phi) is 7.25. The van der Waals surface area contributed by atoms with Crippen molar-refractivity contribution in [3.8, 4) is 17.1 Å². The van der Waals surface area contributed by atoms with Crippen LogP contribution in [0.15, 0.2) is 49.3 Å². The molecule has 0 unspecified atom stereocenters. The summed E-state index contributed by atoms with van der Waals surface area (Å²) >= 11 is 6.83. The number of aryl methyl sites for hydroxylation is 1. The van der Waals surface area contributed by atoms with Crippen molar-refractivity contribution in [2.24, 2.45) is 0 Å². The minimum Gasteiger partial charge on any atom is -0.462 e. The van der Waals surface area contributed by atoms with E-state index in [1.165, 1.54) is 6.08 Å². The van der Waals surface area contributed by atoms with E-state index in [2.05, 4.69) is 33.2 Å². The molecule has 2 aromatic heterocycles. The molecular weight excluding hydrogens is 545 g/mol. The lowest BCUT2D eigenvalue weighted by atomic mass is 9.95. The first-order chi connectivity index (χ1) is 19.9. The van der Waals surface area contributed by atoms with Crippen LogP contribution in [-0.4, -0.2) is 81.7 Å². The zero-order valence-electron chi connectivity index (χ0n) is 22.9. The molecule has 6 rings (SSSR count). The summed E-state index contributed by atoms with van der Waals surface area (Å²) in [5.41, 5.74) is 3.78. The Bertz CT molecular complexity index is 1680. The normalized spacial score (nSPS) is 15.8. The zero-order valence-corrected chi connectivity index (χ0v) is 23.7. The molecule has 9 nitrogen and oxygen atoms in total. The number of aromatic amines is 1. The molecule has 0 atom stereocenters. The molecule has 2 aliphatic heterocycles. The Morgan fingerprint density at radius 3 is 2.71 bits per heavy atom. The number of piperazine rings is 1. The van der Waals surface area contributed by atoms with Crippen LogP contribution in [0.4, 0.5) is 10.2 Å². The van der Waals surface area contributed by atoms with Crippen molar-refractivity contribution < 1.29 is 13.9 Å². The molecular formula is C30H31ClFN7O2. The Hall–Kier alpha value is -4.18. The van der Waals surface area contributed by atoms with Gasteiger partial charge in [0.05, 0.1) is 23.3 Å². The molecule has 11 heteroatoms. The van der Waals surface area contributed by atoms with Crippen LogP contribution in [0.2, 0.25) is 5.02 Å². The number of hydrogen-bond acceptors (Lipinski definition) is 7. The fourth-order valence-corrected chi connectivity index (χ4v) is 6.01. The monoisotopic (exact) mass is 575 g/mol. The minimum atomic E-state index is -0.550. The molecule has 41 heavy (non-hydrogen) atoms. The predicted octanol–water partition coefficient (Wildman–Crippen LogP) is 5.10. The summed E-state index contributed by atoms with van der Waals surface area (Å²) in [6, 6.07) is 5.63. The van der Waals surface area contributed by atoms with Crippen LogP contribution in [0.25, 0.3) is 32.9 Å². The van der Waals surface area contributed by atoms with Gasteiger partial charge in [-0.25, -0.2) is 4.39 Å². The standard InChI is InChI=1S/C30H31ClFN7O2/c1-4-24(40)38-10-12-39(13-11-38)29-20-16-22(31)26(25-18(2)7-8-23-21(25)17-33-36-23)27(32)28(20)34-30(35-29)41-15-14-37-9-5-6-19(37)3/h4,7-8,16-17H,1,3,5-6,9-15H2,2H3,(H,33,36). The molecule has 1 N–H and O–H groups in total. The number of likely N-dealkylation sites (tertiary alicyclic amines) is 1. The van der Waals surface area contributed by atoms with Crippen molar-refractivity contribution in [2.45, 2.75) is 19.8 Å². The molecule has 2 fully saturated rings. The van der Waals surface area contributed by atoms with Gasteiger partial charge in [-0.05, 0) is 43.5 Å². The first kappa shape index (κ1) is 27.0. The number of fused-ring (bicyclic) bond motifs is 2. The van der Waals surface area contributed by atoms with Crippen molar-refractivity contribution in [1.29, 1.82) is 0 Å². The Labute approximate surface area is 242 Å². The van der Waals surface area contributed by atoms with Gasteiger partial charge in [0.25, 0.3) is 0 Å². The number of ether oxygens (including phenoxy) is 1. The second-order valence-electron chi connectivity index (χ2n) is 10.4. The van der Waals surface area contributed by atoms with E-state index in [9.17, 15) is 4.79 Å². The first-order valence-corrected chi connectivity index (χ1v) is 14.1. The molecule has 212 valence electrons. The first-order valence-electron chi connectivity index (χ1n) is 13.7. The highest BCUT2D eigenvalue weighted by atomic mass is 35.5. The van der Waals surface area contributed by atoms with E-state index in [1.54, 1.807) is 17.2 Å². The average molecular weight is 576 g/mol. The third kappa shape index (κ3) is 4.97. The number of anilines is 1. The second-order valence-corrected chi connectivity index (χ2v) is 10.8. The van der Waals surface area contributed by atoms with Crippen molar-refractivity contribution in [1.82, 2.24) is 30.0 Å². The summed E-state index contributed by atoms with van der Waals surface area (Å²) in [7, 11) is 0. The molecule has 2 saturated heterocycles. The fraction of sp³-hybridized carbons (Fsp3) is 0.333. The molecule has 4 heterocycles. The highest BCUT2D eigenvalue weighted by molar-refractivity contribution is 6.35. The van der Waals surface area contributed by atoms with Crippen LogP contribution in [0, 0.1) is 12.7 Å². The maximum atomic E-state index is 16.6. The highest BCUT2D eigenvalue weighted by Gasteiger charge is 2.27. The summed E-state index contributed by atoms with van der Waals surface area (Å²) < 4.78 is 22.6. The number of H-pyrrole nitrogens is 1. The van der Waals surface area contributed by atoms with Crippen molar-refractivity contribution >= 4 is 45.1 Å². The van der Waals surface area contributed by atoms with E-state index in [-0.39, 0.29) is 28.0 Å². The number of aromatic nitrogens is 4. The summed E-state index contributed by atoms with van der Waals surface area (Å²) in [4.78, 5) is 27.4. The number of carbonyl (C=O) groups excluding carboxylic acids is 1. The average Bonchev–Trinajstić information content (AvgIpc) is 3.62. The third-order valence-electron chi connectivity index (χ3n) is 7.92. The van der Waals surface area contributed by atoms with Gasteiger partial charge in [0.2, 0.25) is 5.91 Å². The second kappa shape index (κ2) is 11.0. The van der Waals surface area contributed by atoms with Crippen LogP contribution in [0.5, 0.6) is 6.01 Å². The van der Waals surface area contributed by atoms with Crippen molar-refractivity contribution in [3.63, 3.8) is 0 Å². The Morgan fingerprint density at radius 1 is 1.17 bits per heavy atom. The van der Waals surface area contributed by atoms with E-state index < -0.39 is 5.82 Å². The van der Waals surface area contributed by atoms with Gasteiger partial charge >= 0.3 is 6.01 Å². The number of rotatable bonds is 7. The van der Waals surface area contributed by atoms with Crippen LogP contribution >= 0.6 is 11.6 Å². The van der Waals surface area contributed by atoms with Crippen LogP contribution < -0.4 is 9.64 Å². The molecule has 0 radical (unpaired) electrons. The molecule has 0 saturated carbocycles. The van der Waals surface area contributed by atoms with Gasteiger partial charge in [0.1, 0.15) is 17.9 Å². The highest BCUT2D eigenvalue weighted by Crippen LogP contribution is 2.42. The molecule has 4 aromatic rings. The molecule has 0 spiro atoms. The number of benzene rings is 2. The lowest BCUT2D eigenvalue weighted by Gasteiger charge is -2.35. The topological polar surface area (TPSA) is 90.5 Å². The van der Waals surface area contributed by atoms with Gasteiger partial charge in [0, 0.05) is 60.3 Å². The van der Waals surface area contributed by atoms with E-state index in [0.29, 0.717) is 56.1 Å². The number of allylic oxidation sites excluding steroid dienone is 1. The number of amides is 1. The van der Waals surface area contributed by atoms with Crippen molar-refractivity contribution in [3.05, 3.63) is 65.7 Å².